The van der Waals surface area contributed by atoms with Gasteiger partial charge in [0.15, 0.2) is 0 Å². The fourth-order valence-corrected chi connectivity index (χ4v) is 4.84. The molecule has 20 heavy (non-hydrogen) atoms. The maximum absolute atomic E-state index is 12.8. The van der Waals surface area contributed by atoms with E-state index in [-0.39, 0.29) is 14.9 Å². The number of aromatic nitrogens is 1. The average Bonchev–Trinajstić information content (AvgIpc) is 2.78. The van der Waals surface area contributed by atoms with Crippen molar-refractivity contribution in [2.45, 2.75) is 9.79 Å². The van der Waals surface area contributed by atoms with Crippen molar-refractivity contribution in [3.8, 4) is 0 Å². The van der Waals surface area contributed by atoms with Crippen LogP contribution in [0.4, 0.5) is 0 Å². The first-order valence-electron chi connectivity index (χ1n) is 5.77. The lowest BCUT2D eigenvalue weighted by Crippen LogP contribution is -2.01. The Bertz CT molecular complexity index is 888. The predicted molar refractivity (Wildman–Crippen MR) is 82.9 cm³/mol. The highest BCUT2D eigenvalue weighted by molar-refractivity contribution is 9.10. The molecule has 0 saturated carbocycles. The number of hydrogen-bond acceptors (Lipinski definition) is 2. The van der Waals surface area contributed by atoms with Gasteiger partial charge in [-0.2, -0.15) is 0 Å². The molecule has 0 aliphatic heterocycles. The molecular formula is C14H9BrClNO2S. The van der Waals surface area contributed by atoms with Crippen LogP contribution in [0.5, 0.6) is 0 Å². The van der Waals surface area contributed by atoms with Gasteiger partial charge in [-0.05, 0) is 24.3 Å². The number of fused-ring (bicyclic) bond motifs is 1. The number of halogens is 2. The summed E-state index contributed by atoms with van der Waals surface area (Å²) in [6.07, 6.45) is 0. The number of benzene rings is 2. The molecule has 0 fully saturated rings. The largest absolute Gasteiger partial charge is 0.344 e. The van der Waals surface area contributed by atoms with Gasteiger partial charge in [-0.1, -0.05) is 51.8 Å². The molecule has 3 aromatic rings. The van der Waals surface area contributed by atoms with Crippen LogP contribution in [0.3, 0.4) is 0 Å². The third-order valence-electron chi connectivity index (χ3n) is 3.01. The molecule has 0 radical (unpaired) electrons. The predicted octanol–water partition coefficient (Wildman–Crippen LogP) is 4.42. The molecule has 6 heteroatoms. The normalized spacial score (nSPS) is 11.9. The van der Waals surface area contributed by atoms with Crippen molar-refractivity contribution in [1.82, 2.24) is 4.98 Å². The lowest BCUT2D eigenvalue weighted by atomic mass is 10.2. The molecule has 1 aromatic heterocycles. The van der Waals surface area contributed by atoms with Gasteiger partial charge < -0.3 is 4.98 Å². The molecule has 3 rings (SSSR count). The molecule has 102 valence electrons. The smallest absolute Gasteiger partial charge is 0.210 e. The molecule has 0 aliphatic carbocycles. The molecule has 1 N–H and O–H groups in total. The molecule has 2 aromatic carbocycles. The van der Waals surface area contributed by atoms with E-state index in [1.165, 1.54) is 0 Å². The Morgan fingerprint density at radius 2 is 1.70 bits per heavy atom. The number of H-pyrrole nitrogens is 1. The van der Waals surface area contributed by atoms with Gasteiger partial charge in [0.05, 0.1) is 4.90 Å². The molecule has 0 saturated heterocycles. The van der Waals surface area contributed by atoms with E-state index in [9.17, 15) is 8.42 Å². The van der Waals surface area contributed by atoms with Crippen molar-refractivity contribution in [3.63, 3.8) is 0 Å². The van der Waals surface area contributed by atoms with Crippen LogP contribution in [0.2, 0.25) is 5.15 Å². The van der Waals surface area contributed by atoms with Gasteiger partial charge in [0.1, 0.15) is 10.0 Å². The van der Waals surface area contributed by atoms with Crippen molar-refractivity contribution in [2.75, 3.05) is 0 Å². The summed E-state index contributed by atoms with van der Waals surface area (Å²) in [4.78, 5) is 3.23. The minimum absolute atomic E-state index is 0.104. The fraction of sp³-hybridized carbons (Fsp3) is 0. The average molecular weight is 371 g/mol. The SMILES string of the molecule is O=S(=O)(c1ccccc1)c1c(Cl)[nH]c2cccc(Br)c12. The van der Waals surface area contributed by atoms with E-state index in [1.807, 2.05) is 6.07 Å². The Balaban J connectivity index is 2.38. The number of rotatable bonds is 2. The molecule has 0 atom stereocenters. The van der Waals surface area contributed by atoms with Crippen molar-refractivity contribution in [2.24, 2.45) is 0 Å². The van der Waals surface area contributed by atoms with Crippen molar-refractivity contribution < 1.29 is 8.42 Å². The van der Waals surface area contributed by atoms with Gasteiger partial charge in [-0.25, -0.2) is 8.42 Å². The molecule has 0 spiro atoms. The lowest BCUT2D eigenvalue weighted by Gasteiger charge is -2.04. The highest BCUT2D eigenvalue weighted by Gasteiger charge is 2.26. The fourth-order valence-electron chi connectivity index (χ4n) is 2.11. The zero-order chi connectivity index (χ0) is 14.3. The van der Waals surface area contributed by atoms with Crippen LogP contribution in [-0.4, -0.2) is 13.4 Å². The second-order valence-corrected chi connectivity index (χ2v) is 7.37. The van der Waals surface area contributed by atoms with Crippen LogP contribution in [0.1, 0.15) is 0 Å². The first kappa shape index (κ1) is 13.7. The molecule has 0 amide bonds. The quantitative estimate of drug-likeness (QED) is 0.726. The molecule has 0 bridgehead atoms. The van der Waals surface area contributed by atoms with E-state index in [4.69, 9.17) is 11.6 Å². The first-order chi connectivity index (χ1) is 9.51. The van der Waals surface area contributed by atoms with Crippen molar-refractivity contribution in [3.05, 3.63) is 58.2 Å². The van der Waals surface area contributed by atoms with Crippen LogP contribution in [0.15, 0.2) is 62.8 Å². The highest BCUT2D eigenvalue weighted by Crippen LogP contribution is 2.38. The third kappa shape index (κ3) is 2.06. The van der Waals surface area contributed by atoms with Gasteiger partial charge in [0, 0.05) is 15.4 Å². The van der Waals surface area contributed by atoms with Crippen molar-refractivity contribution >= 4 is 48.3 Å². The number of nitrogens with one attached hydrogen (secondary N) is 1. The van der Waals surface area contributed by atoms with Gasteiger partial charge in [-0.15, -0.1) is 0 Å². The van der Waals surface area contributed by atoms with Crippen molar-refractivity contribution in [1.29, 1.82) is 0 Å². The zero-order valence-corrected chi connectivity index (χ0v) is 13.3. The Labute approximate surface area is 129 Å². The molecule has 3 nitrogen and oxygen atoms in total. The van der Waals surface area contributed by atoms with E-state index in [0.717, 1.165) is 0 Å². The van der Waals surface area contributed by atoms with E-state index < -0.39 is 9.84 Å². The summed E-state index contributed by atoms with van der Waals surface area (Å²) in [5.74, 6) is 0. The van der Waals surface area contributed by atoms with Crippen LogP contribution >= 0.6 is 27.5 Å². The highest BCUT2D eigenvalue weighted by atomic mass is 79.9. The molecular weight excluding hydrogens is 362 g/mol. The van der Waals surface area contributed by atoms with E-state index >= 15 is 0 Å². The first-order valence-corrected chi connectivity index (χ1v) is 8.43. The van der Waals surface area contributed by atoms with Crippen LogP contribution < -0.4 is 0 Å². The minimum atomic E-state index is -3.67. The van der Waals surface area contributed by atoms with Gasteiger partial charge in [-0.3, -0.25) is 0 Å². The summed E-state index contributed by atoms with van der Waals surface area (Å²) < 4.78 is 26.2. The Hall–Kier alpha value is -1.30. The standard InChI is InChI=1S/C14H9BrClNO2S/c15-10-7-4-8-11-12(10)13(14(16)17-11)20(18,19)9-5-2-1-3-6-9/h1-8,17H. The van der Waals surface area contributed by atoms with E-state index in [1.54, 1.807) is 42.5 Å². The lowest BCUT2D eigenvalue weighted by molar-refractivity contribution is 0.597. The summed E-state index contributed by atoms with van der Waals surface area (Å²) in [7, 11) is -3.67. The Morgan fingerprint density at radius 1 is 1.00 bits per heavy atom. The summed E-state index contributed by atoms with van der Waals surface area (Å²) in [6, 6.07) is 13.6. The second-order valence-electron chi connectivity index (χ2n) is 4.25. The summed E-state index contributed by atoms with van der Waals surface area (Å²) >= 11 is 9.50. The topological polar surface area (TPSA) is 49.9 Å². The molecule has 0 aliphatic rings. The van der Waals surface area contributed by atoms with Crippen LogP contribution in [-0.2, 0) is 9.84 Å². The number of hydrogen-bond donors (Lipinski definition) is 1. The second kappa shape index (κ2) is 4.91. The van der Waals surface area contributed by atoms with E-state index in [0.29, 0.717) is 15.4 Å². The maximum Gasteiger partial charge on any atom is 0.210 e. The summed E-state index contributed by atoms with van der Waals surface area (Å²) in [6.45, 7) is 0. The van der Waals surface area contributed by atoms with Gasteiger partial charge in [0.25, 0.3) is 0 Å². The third-order valence-corrected chi connectivity index (χ3v) is 5.90. The Kier molecular flexibility index (Phi) is 3.36. The zero-order valence-electron chi connectivity index (χ0n) is 10.1. The van der Waals surface area contributed by atoms with Gasteiger partial charge in [0.2, 0.25) is 9.84 Å². The maximum atomic E-state index is 12.8. The van der Waals surface area contributed by atoms with Crippen LogP contribution in [0, 0.1) is 0 Å². The minimum Gasteiger partial charge on any atom is -0.344 e. The molecule has 1 heterocycles. The van der Waals surface area contributed by atoms with E-state index in [2.05, 4.69) is 20.9 Å². The van der Waals surface area contributed by atoms with Gasteiger partial charge >= 0.3 is 0 Å². The molecule has 0 unspecified atom stereocenters. The van der Waals surface area contributed by atoms with Crippen LogP contribution in [0.25, 0.3) is 10.9 Å². The Morgan fingerprint density at radius 3 is 2.40 bits per heavy atom. The number of sulfone groups is 1. The summed E-state index contributed by atoms with van der Waals surface area (Å²) in [5.41, 5.74) is 0.680. The monoisotopic (exact) mass is 369 g/mol. The number of aromatic amines is 1. The summed E-state index contributed by atoms with van der Waals surface area (Å²) in [5, 5.41) is 0.692.